The molecule has 2 aromatic heterocycles. The summed E-state index contributed by atoms with van der Waals surface area (Å²) in [4.78, 5) is 5.28. The van der Waals surface area contributed by atoms with E-state index in [9.17, 15) is 0 Å². The summed E-state index contributed by atoms with van der Waals surface area (Å²) in [7, 11) is 1.50. The normalized spacial score (nSPS) is 10.1. The van der Waals surface area contributed by atoms with Gasteiger partial charge in [-0.05, 0) is 6.92 Å². The van der Waals surface area contributed by atoms with Gasteiger partial charge in [0.25, 0.3) is 11.8 Å². The molecular formula is C7H8N6O. The number of methoxy groups -OCH3 is 1. The van der Waals surface area contributed by atoms with E-state index in [4.69, 9.17) is 4.74 Å². The maximum Gasteiger partial charge on any atom is 0.287 e. The van der Waals surface area contributed by atoms with Crippen molar-refractivity contribution >= 4 is 0 Å². The smallest absolute Gasteiger partial charge is 0.287 e. The van der Waals surface area contributed by atoms with Crippen molar-refractivity contribution in [3.8, 4) is 11.8 Å². The minimum absolute atomic E-state index is 0.318. The zero-order valence-electron chi connectivity index (χ0n) is 7.75. The van der Waals surface area contributed by atoms with Crippen LogP contribution in [0.4, 0.5) is 0 Å². The van der Waals surface area contributed by atoms with Gasteiger partial charge in [0.15, 0.2) is 0 Å². The number of rotatable bonds is 2. The van der Waals surface area contributed by atoms with Crippen LogP contribution in [0.5, 0.6) is 5.88 Å². The lowest BCUT2D eigenvalue weighted by molar-refractivity contribution is 0.387. The summed E-state index contributed by atoms with van der Waals surface area (Å²) < 4.78 is 4.82. The van der Waals surface area contributed by atoms with Gasteiger partial charge in [0.1, 0.15) is 0 Å². The van der Waals surface area contributed by atoms with Crippen molar-refractivity contribution in [3.05, 3.63) is 18.1 Å². The quantitative estimate of drug-likeness (QED) is 0.654. The molecule has 2 rings (SSSR count). The van der Waals surface area contributed by atoms with Crippen LogP contribution in [0.1, 0.15) is 5.69 Å². The Morgan fingerprint density at radius 3 is 2.64 bits per heavy atom. The van der Waals surface area contributed by atoms with Crippen LogP contribution < -0.4 is 4.74 Å². The van der Waals surface area contributed by atoms with Gasteiger partial charge < -0.3 is 4.74 Å². The van der Waals surface area contributed by atoms with E-state index in [2.05, 4.69) is 25.4 Å². The van der Waals surface area contributed by atoms with Crippen molar-refractivity contribution in [2.75, 3.05) is 7.11 Å². The Morgan fingerprint density at radius 1 is 1.29 bits per heavy atom. The van der Waals surface area contributed by atoms with E-state index >= 15 is 0 Å². The second-order valence-corrected chi connectivity index (χ2v) is 2.58. The van der Waals surface area contributed by atoms with E-state index in [1.165, 1.54) is 18.1 Å². The Balaban J connectivity index is 2.33. The molecule has 14 heavy (non-hydrogen) atoms. The van der Waals surface area contributed by atoms with Gasteiger partial charge in [-0.15, -0.1) is 15.0 Å². The first-order valence-corrected chi connectivity index (χ1v) is 3.92. The average Bonchev–Trinajstić information content (AvgIpc) is 2.65. The largest absolute Gasteiger partial charge is 0.479 e. The highest BCUT2D eigenvalue weighted by atomic mass is 16.5. The van der Waals surface area contributed by atoms with Crippen molar-refractivity contribution in [3.63, 3.8) is 0 Å². The highest BCUT2D eigenvalue weighted by Crippen LogP contribution is 2.01. The number of hydrogen-bond donors (Lipinski definition) is 0. The number of aryl methyl sites for hydroxylation is 1. The molecule has 7 heteroatoms. The maximum atomic E-state index is 4.82. The lowest BCUT2D eigenvalue weighted by Gasteiger charge is -1.97. The Morgan fingerprint density at radius 2 is 2.14 bits per heavy atom. The Bertz CT molecular complexity index is 422. The second kappa shape index (κ2) is 3.36. The molecule has 0 aliphatic heterocycles. The summed E-state index contributed by atoms with van der Waals surface area (Å²) in [5, 5.41) is 15.5. The lowest BCUT2D eigenvalue weighted by atomic mass is 10.6. The SMILES string of the molecule is COc1cnc(-n2ncc(C)n2)nn1. The molecule has 0 amide bonds. The molecule has 0 aliphatic carbocycles. The molecule has 2 aromatic rings. The highest BCUT2D eigenvalue weighted by molar-refractivity contribution is 5.08. The first-order valence-electron chi connectivity index (χ1n) is 3.92. The van der Waals surface area contributed by atoms with Gasteiger partial charge in [-0.2, -0.15) is 10.2 Å². The van der Waals surface area contributed by atoms with Crippen LogP contribution in [0, 0.1) is 6.92 Å². The summed E-state index contributed by atoms with van der Waals surface area (Å²) in [5.74, 6) is 0.677. The highest BCUT2D eigenvalue weighted by Gasteiger charge is 2.03. The number of aromatic nitrogens is 6. The minimum Gasteiger partial charge on any atom is -0.479 e. The van der Waals surface area contributed by atoms with Crippen LogP contribution >= 0.6 is 0 Å². The van der Waals surface area contributed by atoms with Gasteiger partial charge in [-0.25, -0.2) is 4.98 Å². The van der Waals surface area contributed by atoms with Crippen LogP contribution in [-0.4, -0.2) is 37.3 Å². The molecule has 0 atom stereocenters. The molecular weight excluding hydrogens is 184 g/mol. The van der Waals surface area contributed by atoms with E-state index in [-0.39, 0.29) is 0 Å². The fourth-order valence-electron chi connectivity index (χ4n) is 0.879. The summed E-state index contributed by atoms with van der Waals surface area (Å²) >= 11 is 0. The predicted molar refractivity (Wildman–Crippen MR) is 46.0 cm³/mol. The Kier molecular flexibility index (Phi) is 2.05. The summed E-state index contributed by atoms with van der Waals surface area (Å²) in [5.41, 5.74) is 0.796. The molecule has 0 fully saturated rings. The molecule has 0 unspecified atom stereocenters. The predicted octanol–water partition coefficient (Wildman–Crippen LogP) is -0.231. The molecule has 7 nitrogen and oxygen atoms in total. The molecule has 2 heterocycles. The topological polar surface area (TPSA) is 78.6 Å². The molecule has 72 valence electrons. The van der Waals surface area contributed by atoms with Crippen LogP contribution in [0.3, 0.4) is 0 Å². The van der Waals surface area contributed by atoms with Gasteiger partial charge in [0.2, 0.25) is 0 Å². The summed E-state index contributed by atoms with van der Waals surface area (Å²) in [6.45, 7) is 1.83. The second-order valence-electron chi connectivity index (χ2n) is 2.58. The van der Waals surface area contributed by atoms with Crippen LogP contribution in [0.2, 0.25) is 0 Å². The molecule has 0 saturated carbocycles. The van der Waals surface area contributed by atoms with E-state index in [0.717, 1.165) is 5.69 Å². The van der Waals surface area contributed by atoms with Crippen LogP contribution in [0.15, 0.2) is 12.4 Å². The molecule has 0 spiro atoms. The van der Waals surface area contributed by atoms with Gasteiger partial charge in [-0.1, -0.05) is 0 Å². The number of nitrogens with zero attached hydrogens (tertiary/aromatic N) is 6. The summed E-state index contributed by atoms with van der Waals surface area (Å²) in [6.07, 6.45) is 3.08. The molecule has 0 aliphatic rings. The number of hydrogen-bond acceptors (Lipinski definition) is 6. The van der Waals surface area contributed by atoms with E-state index in [0.29, 0.717) is 11.8 Å². The standard InChI is InChI=1S/C7H8N6O/c1-5-3-9-13(12-5)7-8-4-6(14-2)10-11-7/h3-4H,1-2H3. The zero-order chi connectivity index (χ0) is 9.97. The van der Waals surface area contributed by atoms with Crippen molar-refractivity contribution in [1.29, 1.82) is 0 Å². The van der Waals surface area contributed by atoms with Gasteiger partial charge in [0.05, 0.1) is 25.2 Å². The fourth-order valence-corrected chi connectivity index (χ4v) is 0.879. The Hall–Kier alpha value is -2.05. The van der Waals surface area contributed by atoms with E-state index < -0.39 is 0 Å². The monoisotopic (exact) mass is 192 g/mol. The van der Waals surface area contributed by atoms with Crippen LogP contribution in [-0.2, 0) is 0 Å². The zero-order valence-corrected chi connectivity index (χ0v) is 7.75. The maximum absolute atomic E-state index is 4.82. The molecule has 0 radical (unpaired) electrons. The average molecular weight is 192 g/mol. The number of ether oxygens (including phenoxy) is 1. The molecule has 0 bridgehead atoms. The third-order valence-electron chi connectivity index (χ3n) is 1.52. The van der Waals surface area contributed by atoms with Gasteiger partial charge >= 0.3 is 0 Å². The first kappa shape index (κ1) is 8.54. The van der Waals surface area contributed by atoms with Crippen LogP contribution in [0.25, 0.3) is 5.95 Å². The molecule has 0 saturated heterocycles. The minimum atomic E-state index is 0.318. The fraction of sp³-hybridized carbons (Fsp3) is 0.286. The summed E-state index contributed by atoms with van der Waals surface area (Å²) in [6, 6.07) is 0. The third-order valence-corrected chi connectivity index (χ3v) is 1.52. The molecule has 0 N–H and O–H groups in total. The third kappa shape index (κ3) is 1.51. The van der Waals surface area contributed by atoms with Crippen molar-refractivity contribution in [2.45, 2.75) is 6.92 Å². The molecule has 0 aromatic carbocycles. The van der Waals surface area contributed by atoms with Crippen molar-refractivity contribution in [2.24, 2.45) is 0 Å². The van der Waals surface area contributed by atoms with Crippen molar-refractivity contribution in [1.82, 2.24) is 30.2 Å². The Labute approximate surface area is 79.8 Å². The van der Waals surface area contributed by atoms with Gasteiger partial charge in [-0.3, -0.25) is 0 Å². The van der Waals surface area contributed by atoms with E-state index in [1.54, 1.807) is 6.20 Å². The first-order chi connectivity index (χ1) is 6.79. The van der Waals surface area contributed by atoms with Gasteiger partial charge in [0, 0.05) is 0 Å². The lowest BCUT2D eigenvalue weighted by Crippen LogP contribution is -2.06. The van der Waals surface area contributed by atoms with Crippen molar-refractivity contribution < 1.29 is 4.74 Å². The van der Waals surface area contributed by atoms with E-state index in [1.807, 2.05) is 6.92 Å².